The Morgan fingerprint density at radius 2 is 2.17 bits per heavy atom. The third-order valence-corrected chi connectivity index (χ3v) is 6.44. The smallest absolute Gasteiger partial charge is 0.235 e. The van der Waals surface area contributed by atoms with E-state index in [1.807, 2.05) is 0 Å². The summed E-state index contributed by atoms with van der Waals surface area (Å²) in [6, 6.07) is 4.90. The molecule has 8 heteroatoms. The van der Waals surface area contributed by atoms with Crippen LogP contribution in [0.2, 0.25) is 5.02 Å². The van der Waals surface area contributed by atoms with Crippen LogP contribution in [0.1, 0.15) is 32.1 Å². The zero-order valence-electron chi connectivity index (χ0n) is 13.3. The van der Waals surface area contributed by atoms with E-state index in [9.17, 15) is 13.2 Å². The fraction of sp³-hybridized carbons (Fsp3) is 0.562. The van der Waals surface area contributed by atoms with E-state index in [0.717, 1.165) is 19.3 Å². The van der Waals surface area contributed by atoms with Gasteiger partial charge in [0, 0.05) is 18.8 Å². The molecule has 1 amide bonds. The fourth-order valence-electron chi connectivity index (χ4n) is 3.08. The number of hydrogen-bond donors (Lipinski definition) is 1. The number of carbonyl (C=O) groups is 1. The monoisotopic (exact) mass is 372 g/mol. The van der Waals surface area contributed by atoms with E-state index in [4.69, 9.17) is 16.3 Å². The van der Waals surface area contributed by atoms with Crippen LogP contribution in [0.15, 0.2) is 18.2 Å². The number of halogens is 1. The third-order valence-electron chi connectivity index (χ3n) is 4.29. The SMILES string of the molecule is O=C(CC1CCCCO1)Nc1ccc(N2CCCS2(=O)=O)c(Cl)c1. The quantitative estimate of drug-likeness (QED) is 0.881. The summed E-state index contributed by atoms with van der Waals surface area (Å²) in [5.74, 6) is 0.0166. The summed E-state index contributed by atoms with van der Waals surface area (Å²) in [7, 11) is -3.27. The zero-order valence-corrected chi connectivity index (χ0v) is 14.9. The number of anilines is 2. The van der Waals surface area contributed by atoms with Crippen LogP contribution in [-0.2, 0) is 19.6 Å². The maximum atomic E-state index is 12.1. The van der Waals surface area contributed by atoms with Gasteiger partial charge in [0.15, 0.2) is 0 Å². The Hall–Kier alpha value is -1.31. The van der Waals surface area contributed by atoms with Crippen LogP contribution in [0, 0.1) is 0 Å². The van der Waals surface area contributed by atoms with Gasteiger partial charge in [0.05, 0.1) is 29.0 Å². The number of rotatable bonds is 4. The van der Waals surface area contributed by atoms with Gasteiger partial charge in [-0.15, -0.1) is 0 Å². The minimum absolute atomic E-state index is 0.0248. The molecule has 2 aliphatic rings. The Morgan fingerprint density at radius 1 is 1.33 bits per heavy atom. The highest BCUT2D eigenvalue weighted by Gasteiger charge is 2.29. The predicted octanol–water partition coefficient (Wildman–Crippen LogP) is 2.78. The van der Waals surface area contributed by atoms with Crippen molar-refractivity contribution < 1.29 is 17.9 Å². The van der Waals surface area contributed by atoms with E-state index >= 15 is 0 Å². The molecule has 0 aliphatic carbocycles. The largest absolute Gasteiger partial charge is 0.378 e. The number of ether oxygens (including phenoxy) is 1. The molecule has 2 aliphatic heterocycles. The highest BCUT2D eigenvalue weighted by Crippen LogP contribution is 2.33. The summed E-state index contributed by atoms with van der Waals surface area (Å²) < 4.78 is 30.9. The molecular weight excluding hydrogens is 352 g/mol. The lowest BCUT2D eigenvalue weighted by Crippen LogP contribution is -2.26. The van der Waals surface area contributed by atoms with E-state index in [0.29, 0.717) is 42.4 Å². The Morgan fingerprint density at radius 3 is 2.79 bits per heavy atom. The van der Waals surface area contributed by atoms with Gasteiger partial charge >= 0.3 is 0 Å². The third kappa shape index (κ3) is 4.02. The van der Waals surface area contributed by atoms with Crippen molar-refractivity contribution in [2.45, 2.75) is 38.2 Å². The molecule has 2 fully saturated rings. The number of nitrogens with zero attached hydrogens (tertiary/aromatic N) is 1. The van der Waals surface area contributed by atoms with Gasteiger partial charge in [0.2, 0.25) is 15.9 Å². The van der Waals surface area contributed by atoms with Crippen molar-refractivity contribution in [3.63, 3.8) is 0 Å². The minimum Gasteiger partial charge on any atom is -0.378 e. The first-order chi connectivity index (χ1) is 11.5. The highest BCUT2D eigenvalue weighted by molar-refractivity contribution is 7.93. The van der Waals surface area contributed by atoms with E-state index in [2.05, 4.69) is 5.32 Å². The summed E-state index contributed by atoms with van der Waals surface area (Å²) in [6.07, 6.45) is 3.93. The van der Waals surface area contributed by atoms with Crippen molar-refractivity contribution in [1.82, 2.24) is 0 Å². The van der Waals surface area contributed by atoms with Crippen molar-refractivity contribution >= 4 is 38.9 Å². The summed E-state index contributed by atoms with van der Waals surface area (Å²) in [5.41, 5.74) is 1.02. The van der Waals surface area contributed by atoms with Crippen LogP contribution in [0.4, 0.5) is 11.4 Å². The Labute approximate surface area is 147 Å². The second-order valence-electron chi connectivity index (χ2n) is 6.15. The molecule has 132 valence electrons. The Bertz CT molecular complexity index is 717. The van der Waals surface area contributed by atoms with E-state index in [-0.39, 0.29) is 17.8 Å². The van der Waals surface area contributed by atoms with Gasteiger partial charge < -0.3 is 10.1 Å². The molecule has 24 heavy (non-hydrogen) atoms. The molecule has 2 heterocycles. The van der Waals surface area contributed by atoms with Crippen molar-refractivity contribution in [1.29, 1.82) is 0 Å². The Kier molecular flexibility index (Phi) is 5.32. The van der Waals surface area contributed by atoms with Crippen LogP contribution in [0.3, 0.4) is 0 Å². The lowest BCUT2D eigenvalue weighted by Gasteiger charge is -2.22. The van der Waals surface area contributed by atoms with Crippen molar-refractivity contribution in [2.75, 3.05) is 28.5 Å². The minimum atomic E-state index is -3.27. The van der Waals surface area contributed by atoms with Gasteiger partial charge in [-0.3, -0.25) is 9.10 Å². The normalized spacial score (nSPS) is 23.2. The molecule has 0 aromatic heterocycles. The lowest BCUT2D eigenvalue weighted by atomic mass is 10.1. The van der Waals surface area contributed by atoms with E-state index in [1.54, 1.807) is 18.2 Å². The first kappa shape index (κ1) is 17.5. The number of carbonyl (C=O) groups excluding carboxylic acids is 1. The Balaban J connectivity index is 1.65. The summed E-state index contributed by atoms with van der Waals surface area (Å²) in [5, 5.41) is 3.11. The van der Waals surface area contributed by atoms with Crippen LogP contribution >= 0.6 is 11.6 Å². The standard InChI is InChI=1S/C16H21ClN2O4S/c17-14-10-12(18-16(20)11-13-4-1-2-8-23-13)5-6-15(14)19-7-3-9-24(19,21)22/h5-6,10,13H,1-4,7-9,11H2,(H,18,20). The second kappa shape index (κ2) is 7.29. The van der Waals surface area contributed by atoms with Gasteiger partial charge in [-0.2, -0.15) is 0 Å². The second-order valence-corrected chi connectivity index (χ2v) is 8.57. The predicted molar refractivity (Wildman–Crippen MR) is 94.0 cm³/mol. The van der Waals surface area contributed by atoms with Crippen LogP contribution in [0.25, 0.3) is 0 Å². The van der Waals surface area contributed by atoms with E-state index in [1.165, 1.54) is 4.31 Å². The van der Waals surface area contributed by atoms with E-state index < -0.39 is 10.0 Å². The summed E-state index contributed by atoms with van der Waals surface area (Å²) in [6.45, 7) is 1.15. The molecule has 1 atom stereocenters. The summed E-state index contributed by atoms with van der Waals surface area (Å²) in [4.78, 5) is 12.1. The van der Waals surface area contributed by atoms with Crippen LogP contribution in [0.5, 0.6) is 0 Å². The number of benzene rings is 1. The fourth-order valence-corrected chi connectivity index (χ4v) is 5.00. The average Bonchev–Trinajstić information content (AvgIpc) is 2.87. The molecule has 0 spiro atoms. The number of sulfonamides is 1. The first-order valence-corrected chi connectivity index (χ1v) is 10.2. The number of nitrogens with one attached hydrogen (secondary N) is 1. The summed E-state index contributed by atoms with van der Waals surface area (Å²) >= 11 is 6.23. The zero-order chi connectivity index (χ0) is 17.2. The van der Waals surface area contributed by atoms with Gasteiger partial charge in [-0.25, -0.2) is 8.42 Å². The van der Waals surface area contributed by atoms with Crippen molar-refractivity contribution in [3.8, 4) is 0 Å². The molecule has 1 unspecified atom stereocenters. The van der Waals surface area contributed by atoms with Crippen LogP contribution in [-0.4, -0.2) is 39.3 Å². The molecule has 6 nitrogen and oxygen atoms in total. The topological polar surface area (TPSA) is 75.7 Å². The molecule has 3 rings (SSSR count). The molecule has 0 saturated carbocycles. The highest BCUT2D eigenvalue weighted by atomic mass is 35.5. The van der Waals surface area contributed by atoms with Crippen molar-refractivity contribution in [2.24, 2.45) is 0 Å². The van der Waals surface area contributed by atoms with Gasteiger partial charge in [0.1, 0.15) is 0 Å². The lowest BCUT2D eigenvalue weighted by molar-refractivity contribution is -0.119. The molecule has 1 N–H and O–H groups in total. The number of hydrogen-bond acceptors (Lipinski definition) is 4. The molecular formula is C16H21ClN2O4S. The maximum absolute atomic E-state index is 12.1. The molecule has 1 aromatic rings. The van der Waals surface area contributed by atoms with Crippen molar-refractivity contribution in [3.05, 3.63) is 23.2 Å². The van der Waals surface area contributed by atoms with Gasteiger partial charge in [0.25, 0.3) is 0 Å². The van der Waals surface area contributed by atoms with Crippen LogP contribution < -0.4 is 9.62 Å². The number of amides is 1. The molecule has 1 aromatic carbocycles. The maximum Gasteiger partial charge on any atom is 0.235 e. The average molecular weight is 373 g/mol. The van der Waals surface area contributed by atoms with Gasteiger partial charge in [-0.1, -0.05) is 11.6 Å². The first-order valence-electron chi connectivity index (χ1n) is 8.17. The molecule has 0 bridgehead atoms. The molecule has 2 saturated heterocycles. The van der Waals surface area contributed by atoms with Gasteiger partial charge in [-0.05, 0) is 43.9 Å². The molecule has 0 radical (unpaired) electrons.